The molecule has 1 aromatic heterocycles. The fourth-order valence-corrected chi connectivity index (χ4v) is 1.98. The number of hydrogen-bond donors (Lipinski definition) is 2. The molecule has 0 saturated carbocycles. The van der Waals surface area contributed by atoms with E-state index in [1.54, 1.807) is 13.2 Å². The van der Waals surface area contributed by atoms with Crippen molar-refractivity contribution in [3.8, 4) is 11.8 Å². The summed E-state index contributed by atoms with van der Waals surface area (Å²) in [6.07, 6.45) is 0.783. The fraction of sp³-hybridized carbons (Fsp3) is 0.417. The monoisotopic (exact) mass is 253 g/mol. The lowest BCUT2D eigenvalue weighted by molar-refractivity contribution is 0.0952. The van der Waals surface area contributed by atoms with Crippen LogP contribution in [0.3, 0.4) is 0 Å². The molecular weight excluding hydrogens is 238 g/mol. The molecule has 0 atom stereocenters. The Morgan fingerprint density at radius 3 is 3.18 bits per heavy atom. The van der Waals surface area contributed by atoms with E-state index in [2.05, 4.69) is 17.2 Å². The number of thiophene rings is 1. The first-order chi connectivity index (χ1) is 8.29. The van der Waals surface area contributed by atoms with Crippen LogP contribution in [0.5, 0.6) is 0 Å². The van der Waals surface area contributed by atoms with Gasteiger partial charge in [-0.2, -0.15) is 0 Å². The Morgan fingerprint density at radius 2 is 2.47 bits per heavy atom. The number of aliphatic hydroxyl groups is 1. The maximum Gasteiger partial charge on any atom is 0.262 e. The number of nitrogens with one attached hydrogen (secondary N) is 1. The van der Waals surface area contributed by atoms with E-state index < -0.39 is 0 Å². The van der Waals surface area contributed by atoms with E-state index in [0.29, 0.717) is 23.6 Å². The lowest BCUT2D eigenvalue weighted by Crippen LogP contribution is -2.24. The zero-order chi connectivity index (χ0) is 12.5. The Bertz CT molecular complexity index is 417. The second-order valence-corrected chi connectivity index (χ2v) is 4.14. The van der Waals surface area contributed by atoms with Gasteiger partial charge in [-0.05, 0) is 17.9 Å². The first kappa shape index (κ1) is 13.7. The normalized spacial score (nSPS) is 9.53. The molecule has 0 unspecified atom stereocenters. The van der Waals surface area contributed by atoms with E-state index in [4.69, 9.17) is 9.84 Å². The molecule has 0 aliphatic rings. The quantitative estimate of drug-likeness (QED) is 0.604. The second kappa shape index (κ2) is 7.85. The minimum Gasteiger partial charge on any atom is -0.385 e. The average Bonchev–Trinajstić information content (AvgIpc) is 2.80. The van der Waals surface area contributed by atoms with Crippen molar-refractivity contribution < 1.29 is 14.6 Å². The predicted molar refractivity (Wildman–Crippen MR) is 67.1 cm³/mol. The van der Waals surface area contributed by atoms with Gasteiger partial charge in [0.05, 0.1) is 0 Å². The number of ether oxygens (including phenoxy) is 1. The van der Waals surface area contributed by atoms with Crippen LogP contribution in [0.1, 0.15) is 21.7 Å². The molecule has 0 aromatic carbocycles. The first-order valence-electron chi connectivity index (χ1n) is 5.24. The van der Waals surface area contributed by atoms with Crippen LogP contribution in [0.15, 0.2) is 11.4 Å². The van der Waals surface area contributed by atoms with Crippen LogP contribution in [0.2, 0.25) is 0 Å². The van der Waals surface area contributed by atoms with Crippen LogP contribution < -0.4 is 5.32 Å². The minimum absolute atomic E-state index is 0.127. The summed E-state index contributed by atoms with van der Waals surface area (Å²) < 4.78 is 4.89. The van der Waals surface area contributed by atoms with Crippen molar-refractivity contribution in [2.75, 3.05) is 26.9 Å². The Labute approximate surface area is 105 Å². The number of carbonyl (C=O) groups excluding carboxylic acids is 1. The van der Waals surface area contributed by atoms with Crippen molar-refractivity contribution in [2.24, 2.45) is 0 Å². The molecule has 2 N–H and O–H groups in total. The zero-order valence-corrected chi connectivity index (χ0v) is 10.5. The van der Waals surface area contributed by atoms with Crippen LogP contribution in [0, 0.1) is 11.8 Å². The van der Waals surface area contributed by atoms with Crippen LogP contribution in [-0.2, 0) is 4.74 Å². The highest BCUT2D eigenvalue weighted by Gasteiger charge is 2.10. The molecule has 1 heterocycles. The van der Waals surface area contributed by atoms with E-state index in [-0.39, 0.29) is 12.5 Å². The van der Waals surface area contributed by atoms with E-state index in [1.165, 1.54) is 11.3 Å². The SMILES string of the molecule is COCCCNC(=O)c1sccc1C#CCO. The van der Waals surface area contributed by atoms with Gasteiger partial charge in [-0.25, -0.2) is 0 Å². The lowest BCUT2D eigenvalue weighted by Gasteiger charge is -2.03. The average molecular weight is 253 g/mol. The van der Waals surface area contributed by atoms with Crippen molar-refractivity contribution >= 4 is 17.2 Å². The molecule has 0 spiro atoms. The summed E-state index contributed by atoms with van der Waals surface area (Å²) in [6, 6.07) is 1.78. The van der Waals surface area contributed by atoms with E-state index in [0.717, 1.165) is 6.42 Å². The van der Waals surface area contributed by atoms with Gasteiger partial charge in [-0.3, -0.25) is 4.79 Å². The van der Waals surface area contributed by atoms with E-state index in [1.807, 2.05) is 5.38 Å². The number of methoxy groups -OCH3 is 1. The van der Waals surface area contributed by atoms with Crippen molar-refractivity contribution in [1.29, 1.82) is 0 Å². The molecule has 1 aromatic rings. The third-order valence-corrected chi connectivity index (χ3v) is 2.90. The van der Waals surface area contributed by atoms with E-state index >= 15 is 0 Å². The highest BCUT2D eigenvalue weighted by atomic mass is 32.1. The van der Waals surface area contributed by atoms with Crippen LogP contribution in [0.4, 0.5) is 0 Å². The number of rotatable bonds is 5. The maximum absolute atomic E-state index is 11.8. The third-order valence-electron chi connectivity index (χ3n) is 1.98. The minimum atomic E-state index is -0.204. The van der Waals surface area contributed by atoms with Crippen LogP contribution in [-0.4, -0.2) is 37.9 Å². The molecule has 0 aliphatic heterocycles. The second-order valence-electron chi connectivity index (χ2n) is 3.23. The highest BCUT2D eigenvalue weighted by Crippen LogP contribution is 2.15. The predicted octanol–water partition coefficient (Wildman–Crippen LogP) is 0.858. The fourth-order valence-electron chi connectivity index (χ4n) is 1.22. The summed E-state index contributed by atoms with van der Waals surface area (Å²) in [5.41, 5.74) is 0.660. The molecule has 0 saturated heterocycles. The molecule has 1 amide bonds. The Kier molecular flexibility index (Phi) is 6.33. The van der Waals surface area contributed by atoms with Crippen molar-refractivity contribution in [2.45, 2.75) is 6.42 Å². The molecule has 5 heteroatoms. The molecule has 0 fully saturated rings. The summed E-state index contributed by atoms with van der Waals surface area (Å²) in [4.78, 5) is 12.4. The standard InChI is InChI=1S/C12H15NO3S/c1-16-8-3-6-13-12(15)11-10(4-2-7-14)5-9-17-11/h5,9,14H,3,6-8H2,1H3,(H,13,15). The summed E-state index contributed by atoms with van der Waals surface area (Å²) in [5, 5.41) is 13.2. The van der Waals surface area contributed by atoms with Crippen molar-refractivity contribution in [3.63, 3.8) is 0 Å². The molecule has 1 rings (SSSR count). The smallest absolute Gasteiger partial charge is 0.262 e. The largest absolute Gasteiger partial charge is 0.385 e. The van der Waals surface area contributed by atoms with Gasteiger partial charge in [-0.15, -0.1) is 11.3 Å². The molecular formula is C12H15NO3S. The van der Waals surface area contributed by atoms with Gasteiger partial charge in [0.15, 0.2) is 0 Å². The van der Waals surface area contributed by atoms with Crippen LogP contribution >= 0.6 is 11.3 Å². The Hall–Kier alpha value is -1.35. The maximum atomic E-state index is 11.8. The molecule has 0 radical (unpaired) electrons. The highest BCUT2D eigenvalue weighted by molar-refractivity contribution is 7.12. The summed E-state index contributed by atoms with van der Waals surface area (Å²) in [6.45, 7) is 1.00. The molecule has 0 aliphatic carbocycles. The molecule has 0 bridgehead atoms. The molecule has 92 valence electrons. The zero-order valence-electron chi connectivity index (χ0n) is 9.66. The van der Waals surface area contributed by atoms with Gasteiger partial charge in [0.1, 0.15) is 11.5 Å². The molecule has 17 heavy (non-hydrogen) atoms. The van der Waals surface area contributed by atoms with Gasteiger partial charge >= 0.3 is 0 Å². The number of carbonyl (C=O) groups is 1. The van der Waals surface area contributed by atoms with Gasteiger partial charge in [0.2, 0.25) is 0 Å². The summed E-state index contributed by atoms with van der Waals surface area (Å²) >= 11 is 1.34. The first-order valence-corrected chi connectivity index (χ1v) is 6.12. The van der Waals surface area contributed by atoms with Gasteiger partial charge in [-0.1, -0.05) is 11.8 Å². The summed E-state index contributed by atoms with van der Waals surface area (Å²) in [5.74, 6) is 5.16. The third kappa shape index (κ3) is 4.57. The number of amides is 1. The van der Waals surface area contributed by atoms with E-state index in [9.17, 15) is 4.79 Å². The lowest BCUT2D eigenvalue weighted by atomic mass is 10.2. The topological polar surface area (TPSA) is 58.6 Å². The van der Waals surface area contributed by atoms with Crippen LogP contribution in [0.25, 0.3) is 0 Å². The van der Waals surface area contributed by atoms with Gasteiger partial charge in [0, 0.05) is 25.8 Å². The summed E-state index contributed by atoms with van der Waals surface area (Å²) in [7, 11) is 1.63. The number of hydrogen-bond acceptors (Lipinski definition) is 4. The Balaban J connectivity index is 2.54. The van der Waals surface area contributed by atoms with Gasteiger partial charge < -0.3 is 15.2 Å². The number of aliphatic hydroxyl groups excluding tert-OH is 1. The Morgan fingerprint density at radius 1 is 1.65 bits per heavy atom. The van der Waals surface area contributed by atoms with Crippen molar-refractivity contribution in [3.05, 3.63) is 21.9 Å². The van der Waals surface area contributed by atoms with Gasteiger partial charge in [0.25, 0.3) is 5.91 Å². The molecule has 4 nitrogen and oxygen atoms in total. The van der Waals surface area contributed by atoms with Crippen molar-refractivity contribution in [1.82, 2.24) is 5.32 Å².